The minimum absolute atomic E-state index is 0.00347. The van der Waals surface area contributed by atoms with E-state index in [4.69, 9.17) is 4.98 Å². The van der Waals surface area contributed by atoms with E-state index in [2.05, 4.69) is 39.8 Å². The van der Waals surface area contributed by atoms with Gasteiger partial charge in [0.1, 0.15) is 5.82 Å². The Balaban J connectivity index is 2.09. The molecule has 2 bridgehead atoms. The van der Waals surface area contributed by atoms with Gasteiger partial charge in [0.2, 0.25) is 5.91 Å². The third-order valence-corrected chi connectivity index (χ3v) is 6.05. The van der Waals surface area contributed by atoms with Crippen molar-refractivity contribution in [2.75, 3.05) is 0 Å². The van der Waals surface area contributed by atoms with E-state index in [0.717, 1.165) is 29.7 Å². The zero-order valence-electron chi connectivity index (χ0n) is 12.5. The Morgan fingerprint density at radius 2 is 2.05 bits per heavy atom. The van der Waals surface area contributed by atoms with Crippen molar-refractivity contribution < 1.29 is 4.79 Å². The standard InChI is InChI=1S/C17H20N2O/c1-10-5-6-13-12(9-10)18-14-11-7-8-17(4,16(11,2)3)15(20)19(13)14/h5-6,9,11H,7-8H2,1-4H3. The quantitative estimate of drug-likeness (QED) is 0.726. The van der Waals surface area contributed by atoms with Gasteiger partial charge in [-0.3, -0.25) is 9.36 Å². The number of carbonyl (C=O) groups is 1. The first-order chi connectivity index (χ1) is 9.36. The van der Waals surface area contributed by atoms with E-state index in [0.29, 0.717) is 5.92 Å². The van der Waals surface area contributed by atoms with Crippen LogP contribution < -0.4 is 0 Å². The first kappa shape index (κ1) is 12.1. The molecule has 20 heavy (non-hydrogen) atoms. The van der Waals surface area contributed by atoms with Crippen LogP contribution in [0.2, 0.25) is 0 Å². The largest absolute Gasteiger partial charge is 0.273 e. The van der Waals surface area contributed by atoms with Crippen LogP contribution in [0.3, 0.4) is 0 Å². The number of aryl methyl sites for hydroxylation is 1. The molecule has 1 aromatic carbocycles. The van der Waals surface area contributed by atoms with Crippen molar-refractivity contribution >= 4 is 16.9 Å². The van der Waals surface area contributed by atoms with E-state index in [1.165, 1.54) is 5.56 Å². The third-order valence-electron chi connectivity index (χ3n) is 6.05. The third kappa shape index (κ3) is 1.13. The lowest BCUT2D eigenvalue weighted by Gasteiger charge is -2.44. The van der Waals surface area contributed by atoms with Gasteiger partial charge < -0.3 is 0 Å². The predicted molar refractivity (Wildman–Crippen MR) is 79.0 cm³/mol. The maximum atomic E-state index is 13.1. The van der Waals surface area contributed by atoms with Crippen LogP contribution in [0.5, 0.6) is 0 Å². The number of nitrogens with zero attached hydrogens (tertiary/aromatic N) is 2. The van der Waals surface area contributed by atoms with E-state index in [9.17, 15) is 4.79 Å². The van der Waals surface area contributed by atoms with Gasteiger partial charge in [0.15, 0.2) is 0 Å². The van der Waals surface area contributed by atoms with Crippen molar-refractivity contribution in [2.45, 2.75) is 46.5 Å². The summed E-state index contributed by atoms with van der Waals surface area (Å²) in [5.41, 5.74) is 2.86. The summed E-state index contributed by atoms with van der Waals surface area (Å²) in [5.74, 6) is 1.60. The number of rotatable bonds is 0. The lowest BCUT2D eigenvalue weighted by atomic mass is 9.63. The Kier molecular flexibility index (Phi) is 2.02. The van der Waals surface area contributed by atoms with Gasteiger partial charge in [0.05, 0.1) is 16.4 Å². The highest BCUT2D eigenvalue weighted by Crippen LogP contribution is 2.63. The van der Waals surface area contributed by atoms with Crippen LogP contribution in [0.25, 0.3) is 11.0 Å². The molecule has 3 heteroatoms. The van der Waals surface area contributed by atoms with E-state index in [1.807, 2.05) is 10.6 Å². The molecule has 0 radical (unpaired) electrons. The van der Waals surface area contributed by atoms with Gasteiger partial charge in [0.25, 0.3) is 0 Å². The van der Waals surface area contributed by atoms with Gasteiger partial charge >= 0.3 is 0 Å². The van der Waals surface area contributed by atoms with Crippen LogP contribution in [0.15, 0.2) is 18.2 Å². The molecule has 0 spiro atoms. The summed E-state index contributed by atoms with van der Waals surface area (Å²) in [6.07, 6.45) is 2.04. The molecule has 2 heterocycles. The molecule has 1 aromatic heterocycles. The number of hydrogen-bond acceptors (Lipinski definition) is 2. The van der Waals surface area contributed by atoms with Crippen molar-refractivity contribution in [2.24, 2.45) is 10.8 Å². The molecule has 0 N–H and O–H groups in total. The van der Waals surface area contributed by atoms with Crippen molar-refractivity contribution in [3.8, 4) is 0 Å². The highest BCUT2D eigenvalue weighted by Gasteiger charge is 2.61. The van der Waals surface area contributed by atoms with E-state index in [1.54, 1.807) is 0 Å². The summed E-state index contributed by atoms with van der Waals surface area (Å²) in [6, 6.07) is 6.19. The maximum absolute atomic E-state index is 13.1. The zero-order valence-corrected chi connectivity index (χ0v) is 12.5. The average molecular weight is 268 g/mol. The Hall–Kier alpha value is -1.64. The molecule has 1 aliphatic carbocycles. The zero-order chi connectivity index (χ0) is 14.3. The normalized spacial score (nSPS) is 30.8. The number of hydrogen-bond donors (Lipinski definition) is 0. The molecular weight excluding hydrogens is 248 g/mol. The minimum Gasteiger partial charge on any atom is -0.273 e. The summed E-state index contributed by atoms with van der Waals surface area (Å²) in [7, 11) is 0. The Morgan fingerprint density at radius 1 is 1.30 bits per heavy atom. The number of imidazole rings is 1. The molecular formula is C17H20N2O. The molecule has 2 aliphatic rings. The Labute approximate surface area is 119 Å². The topological polar surface area (TPSA) is 34.9 Å². The fraction of sp³-hybridized carbons (Fsp3) is 0.529. The van der Waals surface area contributed by atoms with Crippen molar-refractivity contribution in [3.05, 3.63) is 29.6 Å². The number of benzene rings is 1. The fourth-order valence-corrected chi connectivity index (χ4v) is 4.24. The monoisotopic (exact) mass is 268 g/mol. The molecule has 0 saturated heterocycles. The highest BCUT2D eigenvalue weighted by atomic mass is 16.2. The molecule has 2 aromatic rings. The molecule has 104 valence electrons. The van der Waals surface area contributed by atoms with Crippen molar-refractivity contribution in [1.82, 2.24) is 9.55 Å². The second kappa shape index (κ2) is 3.33. The molecule has 1 fully saturated rings. The second-order valence-corrected chi connectivity index (χ2v) is 7.25. The van der Waals surface area contributed by atoms with Gasteiger partial charge in [-0.15, -0.1) is 0 Å². The van der Waals surface area contributed by atoms with Gasteiger partial charge in [-0.2, -0.15) is 0 Å². The van der Waals surface area contributed by atoms with Crippen molar-refractivity contribution in [1.29, 1.82) is 0 Å². The van der Waals surface area contributed by atoms with Crippen LogP contribution in [0, 0.1) is 17.8 Å². The van der Waals surface area contributed by atoms with Gasteiger partial charge in [0, 0.05) is 5.92 Å². The molecule has 1 saturated carbocycles. The molecule has 1 aliphatic heterocycles. The summed E-state index contributed by atoms with van der Waals surface area (Å²) < 4.78 is 1.90. The summed E-state index contributed by atoms with van der Waals surface area (Å²) in [4.78, 5) is 17.9. The first-order valence-corrected chi connectivity index (χ1v) is 7.40. The van der Waals surface area contributed by atoms with Gasteiger partial charge in [-0.1, -0.05) is 26.8 Å². The SMILES string of the molecule is Cc1ccc2c(c1)nc1n2C(=O)C2(C)CCC1C2(C)C. The lowest BCUT2D eigenvalue weighted by molar-refractivity contribution is 0.0413. The fourth-order valence-electron chi connectivity index (χ4n) is 4.24. The van der Waals surface area contributed by atoms with E-state index < -0.39 is 0 Å². The summed E-state index contributed by atoms with van der Waals surface area (Å²) in [6.45, 7) is 8.67. The second-order valence-electron chi connectivity index (χ2n) is 7.25. The van der Waals surface area contributed by atoms with Crippen LogP contribution in [-0.2, 0) is 0 Å². The van der Waals surface area contributed by atoms with E-state index in [-0.39, 0.29) is 16.7 Å². The van der Waals surface area contributed by atoms with Crippen LogP contribution in [0.4, 0.5) is 0 Å². The molecule has 4 rings (SSSR count). The maximum Gasteiger partial charge on any atom is 0.239 e. The lowest BCUT2D eigenvalue weighted by Crippen LogP contribution is -2.47. The Bertz CT molecular complexity index is 756. The van der Waals surface area contributed by atoms with Crippen LogP contribution in [0.1, 0.15) is 55.7 Å². The summed E-state index contributed by atoms with van der Waals surface area (Å²) in [5, 5.41) is 0. The number of fused-ring (bicyclic) bond motifs is 6. The molecule has 3 nitrogen and oxygen atoms in total. The van der Waals surface area contributed by atoms with Crippen molar-refractivity contribution in [3.63, 3.8) is 0 Å². The summed E-state index contributed by atoms with van der Waals surface area (Å²) >= 11 is 0. The van der Waals surface area contributed by atoms with Crippen LogP contribution in [-0.4, -0.2) is 15.5 Å². The highest BCUT2D eigenvalue weighted by molar-refractivity contribution is 5.96. The minimum atomic E-state index is -0.261. The molecule has 0 amide bonds. The predicted octanol–water partition coefficient (Wildman–Crippen LogP) is 3.91. The average Bonchev–Trinajstić information content (AvgIpc) is 2.81. The molecule has 2 unspecified atom stereocenters. The number of aromatic nitrogens is 2. The van der Waals surface area contributed by atoms with Gasteiger partial charge in [-0.05, 0) is 42.9 Å². The smallest absolute Gasteiger partial charge is 0.239 e. The van der Waals surface area contributed by atoms with E-state index >= 15 is 0 Å². The number of carbonyl (C=O) groups excluding carboxylic acids is 1. The van der Waals surface area contributed by atoms with Crippen LogP contribution >= 0.6 is 0 Å². The Morgan fingerprint density at radius 3 is 2.80 bits per heavy atom. The van der Waals surface area contributed by atoms with Gasteiger partial charge in [-0.25, -0.2) is 4.98 Å². The molecule has 2 atom stereocenters. The first-order valence-electron chi connectivity index (χ1n) is 7.40.